The molecule has 0 atom stereocenters. The van der Waals surface area contributed by atoms with E-state index in [0.717, 1.165) is 11.0 Å². The van der Waals surface area contributed by atoms with Crippen LogP contribution in [0.15, 0.2) is 29.4 Å². The predicted octanol–water partition coefficient (Wildman–Crippen LogP) is 2.84. The summed E-state index contributed by atoms with van der Waals surface area (Å²) < 4.78 is 0. The standard InChI is InChI=1S/C9H9N2S/c1-2-12-8-5-3-4-7-9(8)11-6-10-7/h2-6H,1H3,(H,10,11). The number of aromatic nitrogens is 2. The number of hydrogen-bond acceptors (Lipinski definition) is 2. The SMILES string of the molecule is C[CH]Sc1cccc2[nH]cnc12. The van der Waals surface area contributed by atoms with Gasteiger partial charge in [0, 0.05) is 10.6 Å². The van der Waals surface area contributed by atoms with Crippen LogP contribution in [0.5, 0.6) is 0 Å². The van der Waals surface area contributed by atoms with Crippen molar-refractivity contribution in [2.75, 3.05) is 0 Å². The van der Waals surface area contributed by atoms with E-state index in [4.69, 9.17) is 0 Å². The van der Waals surface area contributed by atoms with Gasteiger partial charge in [0.15, 0.2) is 0 Å². The molecule has 0 fully saturated rings. The van der Waals surface area contributed by atoms with Crippen LogP contribution in [0.3, 0.4) is 0 Å². The summed E-state index contributed by atoms with van der Waals surface area (Å²) in [5.41, 5.74) is 2.16. The third-order valence-corrected chi connectivity index (χ3v) is 2.48. The molecule has 0 amide bonds. The minimum absolute atomic E-state index is 1.06. The van der Waals surface area contributed by atoms with Gasteiger partial charge >= 0.3 is 0 Å². The Hall–Kier alpha value is -0.960. The quantitative estimate of drug-likeness (QED) is 0.714. The number of thioether (sulfide) groups is 1. The number of imidazole rings is 1. The van der Waals surface area contributed by atoms with Crippen molar-refractivity contribution in [3.63, 3.8) is 0 Å². The second-order valence-electron chi connectivity index (χ2n) is 2.41. The number of aromatic amines is 1. The van der Waals surface area contributed by atoms with E-state index in [1.807, 2.05) is 19.1 Å². The van der Waals surface area contributed by atoms with E-state index >= 15 is 0 Å². The van der Waals surface area contributed by atoms with Gasteiger partial charge < -0.3 is 4.98 Å². The average molecular weight is 177 g/mol. The molecule has 1 radical (unpaired) electrons. The van der Waals surface area contributed by atoms with E-state index in [2.05, 4.69) is 21.8 Å². The number of nitrogens with zero attached hydrogens (tertiary/aromatic N) is 1. The van der Waals surface area contributed by atoms with E-state index in [0.29, 0.717) is 0 Å². The molecule has 0 spiro atoms. The fourth-order valence-corrected chi connectivity index (χ4v) is 1.85. The lowest BCUT2D eigenvalue weighted by Crippen LogP contribution is -1.74. The molecule has 0 unspecified atom stereocenters. The molecule has 2 nitrogen and oxygen atoms in total. The van der Waals surface area contributed by atoms with E-state index in [1.165, 1.54) is 4.90 Å². The summed E-state index contributed by atoms with van der Waals surface area (Å²) >= 11 is 1.70. The molecule has 1 heterocycles. The Morgan fingerprint density at radius 1 is 1.50 bits per heavy atom. The van der Waals surface area contributed by atoms with Crippen molar-refractivity contribution in [1.29, 1.82) is 0 Å². The molecule has 1 aromatic heterocycles. The predicted molar refractivity (Wildman–Crippen MR) is 51.9 cm³/mol. The van der Waals surface area contributed by atoms with Gasteiger partial charge in [-0.15, -0.1) is 11.8 Å². The second kappa shape index (κ2) is 3.19. The number of rotatable bonds is 2. The molecule has 0 aliphatic carbocycles. The van der Waals surface area contributed by atoms with Gasteiger partial charge in [-0.3, -0.25) is 0 Å². The van der Waals surface area contributed by atoms with Gasteiger partial charge in [-0.25, -0.2) is 4.98 Å². The number of para-hydroxylation sites is 1. The van der Waals surface area contributed by atoms with Crippen LogP contribution in [-0.2, 0) is 0 Å². The van der Waals surface area contributed by atoms with Crippen LogP contribution in [0.25, 0.3) is 11.0 Å². The lowest BCUT2D eigenvalue weighted by atomic mass is 10.3. The summed E-state index contributed by atoms with van der Waals surface area (Å²) in [6, 6.07) is 6.14. The monoisotopic (exact) mass is 177 g/mol. The molecule has 2 rings (SSSR count). The maximum absolute atomic E-state index is 4.24. The normalized spacial score (nSPS) is 10.8. The first-order valence-electron chi connectivity index (χ1n) is 3.78. The first-order chi connectivity index (χ1) is 5.92. The first-order valence-corrected chi connectivity index (χ1v) is 4.66. The molecule has 3 heteroatoms. The van der Waals surface area contributed by atoms with Crippen LogP contribution in [0.1, 0.15) is 6.92 Å². The fraction of sp³-hybridized carbons (Fsp3) is 0.111. The Morgan fingerprint density at radius 2 is 2.42 bits per heavy atom. The zero-order valence-electron chi connectivity index (χ0n) is 6.74. The summed E-state index contributed by atoms with van der Waals surface area (Å²) in [4.78, 5) is 8.53. The molecule has 0 saturated carbocycles. The van der Waals surface area contributed by atoms with E-state index in [9.17, 15) is 0 Å². The van der Waals surface area contributed by atoms with Crippen molar-refractivity contribution < 1.29 is 0 Å². The van der Waals surface area contributed by atoms with Crippen LogP contribution in [0.4, 0.5) is 0 Å². The number of fused-ring (bicyclic) bond motifs is 1. The van der Waals surface area contributed by atoms with Gasteiger partial charge in [-0.05, 0) is 12.1 Å². The summed E-state index contributed by atoms with van der Waals surface area (Å²) in [7, 11) is 0. The van der Waals surface area contributed by atoms with E-state index in [-0.39, 0.29) is 0 Å². The molecule has 1 N–H and O–H groups in total. The van der Waals surface area contributed by atoms with Crippen LogP contribution in [-0.4, -0.2) is 9.97 Å². The highest BCUT2D eigenvalue weighted by atomic mass is 32.2. The summed E-state index contributed by atoms with van der Waals surface area (Å²) in [6.45, 7) is 2.02. The molecule has 0 aliphatic heterocycles. The highest BCUT2D eigenvalue weighted by molar-refractivity contribution is 8.01. The molecule has 0 bridgehead atoms. The Bertz CT molecular complexity index is 381. The number of hydrogen-bond donors (Lipinski definition) is 1. The van der Waals surface area contributed by atoms with Gasteiger partial charge in [-0.2, -0.15) is 0 Å². The van der Waals surface area contributed by atoms with Gasteiger partial charge in [0.1, 0.15) is 5.52 Å². The maximum Gasteiger partial charge on any atom is 0.102 e. The molecule has 0 saturated heterocycles. The highest BCUT2D eigenvalue weighted by Gasteiger charge is 2.01. The molecule has 1 aromatic carbocycles. The smallest absolute Gasteiger partial charge is 0.102 e. The fourth-order valence-electron chi connectivity index (χ4n) is 1.16. The minimum atomic E-state index is 1.06. The Kier molecular flexibility index (Phi) is 2.04. The van der Waals surface area contributed by atoms with Crippen molar-refractivity contribution in [1.82, 2.24) is 9.97 Å². The van der Waals surface area contributed by atoms with Crippen molar-refractivity contribution >= 4 is 22.8 Å². The van der Waals surface area contributed by atoms with Crippen LogP contribution < -0.4 is 0 Å². The molecule has 12 heavy (non-hydrogen) atoms. The third kappa shape index (κ3) is 1.20. The van der Waals surface area contributed by atoms with E-state index in [1.54, 1.807) is 18.1 Å². The topological polar surface area (TPSA) is 28.7 Å². The lowest BCUT2D eigenvalue weighted by molar-refractivity contribution is 1.33. The van der Waals surface area contributed by atoms with E-state index < -0.39 is 0 Å². The van der Waals surface area contributed by atoms with Crippen molar-refractivity contribution in [2.24, 2.45) is 0 Å². The van der Waals surface area contributed by atoms with Crippen LogP contribution >= 0.6 is 11.8 Å². The number of H-pyrrole nitrogens is 1. The lowest BCUT2D eigenvalue weighted by Gasteiger charge is -1.97. The minimum Gasteiger partial charge on any atom is -0.345 e. The Balaban J connectivity index is 2.57. The van der Waals surface area contributed by atoms with Crippen LogP contribution in [0.2, 0.25) is 0 Å². The van der Waals surface area contributed by atoms with Gasteiger partial charge in [0.2, 0.25) is 0 Å². The van der Waals surface area contributed by atoms with Crippen LogP contribution in [0, 0.1) is 5.75 Å². The first kappa shape index (κ1) is 7.68. The zero-order chi connectivity index (χ0) is 8.39. The largest absolute Gasteiger partial charge is 0.345 e. The average Bonchev–Trinajstić information content (AvgIpc) is 2.53. The van der Waals surface area contributed by atoms with Gasteiger partial charge in [0.05, 0.1) is 11.8 Å². The summed E-state index contributed by atoms with van der Waals surface area (Å²) in [5, 5.41) is 0. The zero-order valence-corrected chi connectivity index (χ0v) is 7.56. The van der Waals surface area contributed by atoms with Crippen molar-refractivity contribution in [3.8, 4) is 0 Å². The van der Waals surface area contributed by atoms with Crippen molar-refractivity contribution in [2.45, 2.75) is 11.8 Å². The molecular weight excluding hydrogens is 168 g/mol. The third-order valence-electron chi connectivity index (χ3n) is 1.66. The summed E-state index contributed by atoms with van der Waals surface area (Å²) in [5.74, 6) is 2.06. The van der Waals surface area contributed by atoms with Gasteiger partial charge in [-0.1, -0.05) is 13.0 Å². The molecule has 61 valence electrons. The molecular formula is C9H9N2S. The Morgan fingerprint density at radius 3 is 3.25 bits per heavy atom. The molecule has 2 aromatic rings. The molecule has 0 aliphatic rings. The van der Waals surface area contributed by atoms with Crippen molar-refractivity contribution in [3.05, 3.63) is 30.3 Å². The maximum atomic E-state index is 4.24. The van der Waals surface area contributed by atoms with Gasteiger partial charge in [0.25, 0.3) is 0 Å². The summed E-state index contributed by atoms with van der Waals surface area (Å²) in [6.07, 6.45) is 1.73. The second-order valence-corrected chi connectivity index (χ2v) is 3.56. The number of nitrogens with one attached hydrogen (secondary N) is 1. The Labute approximate surface area is 75.4 Å². The highest BCUT2D eigenvalue weighted by Crippen LogP contribution is 2.26. The number of benzene rings is 1.